The van der Waals surface area contributed by atoms with Gasteiger partial charge in [0.2, 0.25) is 0 Å². The first-order valence-electron chi connectivity index (χ1n) is 22.3. The zero-order chi connectivity index (χ0) is 33.9. The van der Waals surface area contributed by atoms with Gasteiger partial charge in [0.1, 0.15) is 12.4 Å². The molecular weight excluding hydrogens is 569 g/mol. The van der Waals surface area contributed by atoms with Crippen molar-refractivity contribution in [3.63, 3.8) is 0 Å². The standard InChI is InChI=1S/C45H88N2/c1-5-8-11-14-16-18-20-22-23-24-25-26-28-30-32-34-37-40-44(39-36-13-10-7-3)45-46-41-42-47(45)43(4)38-35-33-31-29-27-21-19-17-15-12-9-6-2/h41-44H,5-40H2,1-4H3/p+1. The average Bonchev–Trinajstić information content (AvgIpc) is 3.57. The maximum atomic E-state index is 3.74. The Morgan fingerprint density at radius 3 is 1.02 bits per heavy atom. The van der Waals surface area contributed by atoms with Crippen LogP contribution in [-0.4, -0.2) is 4.98 Å². The smallest absolute Gasteiger partial charge is 0.247 e. The summed E-state index contributed by atoms with van der Waals surface area (Å²) < 4.78 is 2.64. The Bertz CT molecular complexity index is 723. The van der Waals surface area contributed by atoms with E-state index in [0.717, 1.165) is 0 Å². The summed E-state index contributed by atoms with van der Waals surface area (Å²) >= 11 is 0. The lowest BCUT2D eigenvalue weighted by Crippen LogP contribution is -2.41. The second kappa shape index (κ2) is 35.1. The highest BCUT2D eigenvalue weighted by Gasteiger charge is 2.25. The molecular formula is C45H89N2+. The van der Waals surface area contributed by atoms with Gasteiger partial charge in [-0.15, -0.1) is 0 Å². The van der Waals surface area contributed by atoms with Crippen LogP contribution < -0.4 is 4.57 Å². The van der Waals surface area contributed by atoms with Crippen LogP contribution in [0.2, 0.25) is 0 Å². The van der Waals surface area contributed by atoms with Crippen LogP contribution in [0.1, 0.15) is 277 Å². The number of unbranched alkanes of at least 4 members (excludes halogenated alkanes) is 30. The zero-order valence-corrected chi connectivity index (χ0v) is 33.2. The van der Waals surface area contributed by atoms with Crippen molar-refractivity contribution in [1.29, 1.82) is 0 Å². The molecule has 1 heterocycles. The van der Waals surface area contributed by atoms with Crippen LogP contribution in [-0.2, 0) is 0 Å². The molecule has 0 aromatic carbocycles. The van der Waals surface area contributed by atoms with E-state index >= 15 is 0 Å². The molecule has 2 unspecified atom stereocenters. The van der Waals surface area contributed by atoms with E-state index in [1.54, 1.807) is 0 Å². The molecule has 0 amide bonds. The predicted octanol–water partition coefficient (Wildman–Crippen LogP) is 16.1. The SMILES string of the molecule is CCCCCCCCCCCCCCCCCCCC(CCCCCC)c1[nH]cc[n+]1C(C)CCCCCCCCCCCCCC. The van der Waals surface area contributed by atoms with Crippen molar-refractivity contribution in [3.05, 3.63) is 18.2 Å². The monoisotopic (exact) mass is 658 g/mol. The summed E-state index contributed by atoms with van der Waals surface area (Å²) in [5.74, 6) is 2.24. The molecule has 0 saturated heterocycles. The van der Waals surface area contributed by atoms with Crippen molar-refractivity contribution in [2.24, 2.45) is 0 Å². The van der Waals surface area contributed by atoms with Crippen LogP contribution in [0.3, 0.4) is 0 Å². The minimum absolute atomic E-state index is 0.619. The van der Waals surface area contributed by atoms with E-state index in [1.807, 2.05) is 0 Å². The summed E-state index contributed by atoms with van der Waals surface area (Å²) in [6.45, 7) is 9.43. The van der Waals surface area contributed by atoms with Gasteiger partial charge < -0.3 is 0 Å². The first-order chi connectivity index (χ1) is 23.2. The molecule has 1 N–H and O–H groups in total. The van der Waals surface area contributed by atoms with E-state index in [1.165, 1.54) is 237 Å². The summed E-state index contributed by atoms with van der Waals surface area (Å²) in [4.78, 5) is 3.74. The number of aromatic nitrogens is 2. The maximum Gasteiger partial charge on any atom is 0.257 e. The molecule has 0 bridgehead atoms. The van der Waals surface area contributed by atoms with Crippen LogP contribution in [0.15, 0.2) is 12.4 Å². The zero-order valence-electron chi connectivity index (χ0n) is 33.2. The first-order valence-corrected chi connectivity index (χ1v) is 22.3. The maximum absolute atomic E-state index is 3.74. The van der Waals surface area contributed by atoms with Crippen molar-refractivity contribution in [2.45, 2.75) is 271 Å². The van der Waals surface area contributed by atoms with E-state index in [2.05, 4.69) is 49.6 Å². The third-order valence-electron chi connectivity index (χ3n) is 11.1. The summed E-state index contributed by atoms with van der Waals surface area (Å²) in [5.41, 5.74) is 0. The van der Waals surface area contributed by atoms with Crippen molar-refractivity contribution in [1.82, 2.24) is 4.98 Å². The molecule has 0 aliphatic heterocycles. The second-order valence-electron chi connectivity index (χ2n) is 15.8. The quantitative estimate of drug-likeness (QED) is 0.0539. The Kier molecular flexibility index (Phi) is 33.0. The van der Waals surface area contributed by atoms with Gasteiger partial charge in [-0.3, -0.25) is 0 Å². The van der Waals surface area contributed by atoms with Gasteiger partial charge in [-0.05, 0) is 32.6 Å². The van der Waals surface area contributed by atoms with Crippen molar-refractivity contribution in [3.8, 4) is 0 Å². The van der Waals surface area contributed by atoms with Crippen LogP contribution in [0.4, 0.5) is 0 Å². The van der Waals surface area contributed by atoms with Gasteiger partial charge in [-0.25, -0.2) is 9.55 Å². The molecule has 278 valence electrons. The predicted molar refractivity (Wildman–Crippen MR) is 212 cm³/mol. The minimum atomic E-state index is 0.619. The van der Waals surface area contributed by atoms with Crippen LogP contribution in [0.25, 0.3) is 0 Å². The van der Waals surface area contributed by atoms with Crippen molar-refractivity contribution < 1.29 is 4.57 Å². The minimum Gasteiger partial charge on any atom is -0.247 e. The molecule has 0 fully saturated rings. The van der Waals surface area contributed by atoms with Gasteiger partial charge in [-0.2, -0.15) is 0 Å². The lowest BCUT2D eigenvalue weighted by Gasteiger charge is -2.17. The number of hydrogen-bond donors (Lipinski definition) is 1. The fraction of sp³-hybridized carbons (Fsp3) is 0.933. The van der Waals surface area contributed by atoms with Gasteiger partial charge in [0.25, 0.3) is 5.82 Å². The lowest BCUT2D eigenvalue weighted by molar-refractivity contribution is -0.727. The van der Waals surface area contributed by atoms with Gasteiger partial charge in [0.15, 0.2) is 0 Å². The van der Waals surface area contributed by atoms with E-state index in [-0.39, 0.29) is 0 Å². The topological polar surface area (TPSA) is 19.7 Å². The number of aromatic amines is 1. The first kappa shape index (κ1) is 44.2. The van der Waals surface area contributed by atoms with Gasteiger partial charge in [0, 0.05) is 0 Å². The normalized spacial score (nSPS) is 13.0. The Morgan fingerprint density at radius 2 is 0.681 bits per heavy atom. The van der Waals surface area contributed by atoms with Gasteiger partial charge in [0.05, 0.1) is 12.0 Å². The molecule has 1 rings (SSSR count). The largest absolute Gasteiger partial charge is 0.257 e. The molecule has 47 heavy (non-hydrogen) atoms. The van der Waals surface area contributed by atoms with Crippen molar-refractivity contribution >= 4 is 0 Å². The van der Waals surface area contributed by atoms with Crippen LogP contribution in [0, 0.1) is 0 Å². The number of hydrogen-bond acceptors (Lipinski definition) is 0. The van der Waals surface area contributed by atoms with E-state index in [9.17, 15) is 0 Å². The summed E-state index contributed by atoms with van der Waals surface area (Å²) in [6.07, 6.45) is 56.2. The molecule has 0 aliphatic carbocycles. The lowest BCUT2D eigenvalue weighted by atomic mass is 9.93. The van der Waals surface area contributed by atoms with Gasteiger partial charge in [-0.1, -0.05) is 226 Å². The van der Waals surface area contributed by atoms with E-state index in [4.69, 9.17) is 0 Å². The summed E-state index contributed by atoms with van der Waals surface area (Å²) in [6, 6.07) is 0.619. The van der Waals surface area contributed by atoms with Crippen molar-refractivity contribution in [2.75, 3.05) is 0 Å². The van der Waals surface area contributed by atoms with Crippen LogP contribution in [0.5, 0.6) is 0 Å². The Hall–Kier alpha value is -0.790. The van der Waals surface area contributed by atoms with E-state index in [0.29, 0.717) is 12.0 Å². The highest BCUT2D eigenvalue weighted by Crippen LogP contribution is 2.27. The molecule has 0 radical (unpaired) electrons. The summed E-state index contributed by atoms with van der Waals surface area (Å²) in [5, 5.41) is 0. The third kappa shape index (κ3) is 26.7. The number of imidazole rings is 1. The third-order valence-corrected chi connectivity index (χ3v) is 11.1. The molecule has 1 aromatic heterocycles. The molecule has 0 saturated carbocycles. The highest BCUT2D eigenvalue weighted by atomic mass is 15.1. The average molecular weight is 658 g/mol. The number of H-pyrrole nitrogens is 1. The van der Waals surface area contributed by atoms with E-state index < -0.39 is 0 Å². The molecule has 2 heteroatoms. The highest BCUT2D eigenvalue weighted by molar-refractivity contribution is 4.90. The Balaban J connectivity index is 2.21. The van der Waals surface area contributed by atoms with Crippen LogP contribution >= 0.6 is 0 Å². The molecule has 0 aliphatic rings. The Morgan fingerprint density at radius 1 is 0.404 bits per heavy atom. The van der Waals surface area contributed by atoms with Gasteiger partial charge >= 0.3 is 0 Å². The fourth-order valence-electron chi connectivity index (χ4n) is 7.84. The molecule has 0 spiro atoms. The molecule has 1 aromatic rings. The summed E-state index contributed by atoms with van der Waals surface area (Å²) in [7, 11) is 0. The number of rotatable bonds is 38. The Labute approximate surface area is 297 Å². The molecule has 2 atom stereocenters. The number of nitrogens with zero attached hydrogens (tertiary/aromatic N) is 1. The number of nitrogens with one attached hydrogen (secondary N) is 1. The molecule has 2 nitrogen and oxygen atoms in total. The second-order valence-corrected chi connectivity index (χ2v) is 15.8. The fourth-order valence-corrected chi connectivity index (χ4v) is 7.84.